The Hall–Kier alpha value is -2.79. The fraction of sp³-hybridized carbons (Fsp3) is 0.423. The van der Waals surface area contributed by atoms with Crippen molar-refractivity contribution in [3.63, 3.8) is 0 Å². The highest BCUT2D eigenvalue weighted by atomic mass is 16.5. The fourth-order valence-corrected chi connectivity index (χ4v) is 3.13. The summed E-state index contributed by atoms with van der Waals surface area (Å²) in [5.41, 5.74) is 4.85. The van der Waals surface area contributed by atoms with E-state index in [1.54, 1.807) is 6.20 Å². The van der Waals surface area contributed by atoms with Crippen LogP contribution >= 0.6 is 0 Å². The molecule has 0 unspecified atom stereocenters. The summed E-state index contributed by atoms with van der Waals surface area (Å²) < 4.78 is 10.8. The minimum absolute atomic E-state index is 0.129. The van der Waals surface area contributed by atoms with Gasteiger partial charge in [-0.05, 0) is 67.9 Å². The van der Waals surface area contributed by atoms with Crippen LogP contribution in [-0.4, -0.2) is 36.6 Å². The Kier molecular flexibility index (Phi) is 11.3. The maximum absolute atomic E-state index is 11.2. The summed E-state index contributed by atoms with van der Waals surface area (Å²) in [6.07, 6.45) is 10.4. The molecule has 1 aromatic carbocycles. The number of carbonyl (C=O) groups excluding carboxylic acids is 2. The normalized spacial score (nSPS) is 11.4. The third-order valence-electron chi connectivity index (χ3n) is 4.69. The lowest BCUT2D eigenvalue weighted by atomic mass is 10.0. The maximum Gasteiger partial charge on any atom is 0.313 e. The summed E-state index contributed by atoms with van der Waals surface area (Å²) in [6.45, 7) is 5.20. The van der Waals surface area contributed by atoms with Gasteiger partial charge in [-0.3, -0.25) is 14.6 Å². The first kappa shape index (κ1) is 24.5. The minimum atomic E-state index is -0.429. The van der Waals surface area contributed by atoms with Crippen molar-refractivity contribution < 1.29 is 19.1 Å². The van der Waals surface area contributed by atoms with Crippen LogP contribution < -0.4 is 0 Å². The lowest BCUT2D eigenvalue weighted by Gasteiger charge is -2.06. The lowest BCUT2D eigenvalue weighted by Crippen LogP contribution is -2.09. The van der Waals surface area contributed by atoms with E-state index in [2.05, 4.69) is 48.3 Å². The van der Waals surface area contributed by atoms with E-state index in [9.17, 15) is 9.59 Å². The highest BCUT2D eigenvalue weighted by molar-refractivity contribution is 5.94. The van der Waals surface area contributed by atoms with E-state index in [0.29, 0.717) is 13.2 Å². The van der Waals surface area contributed by atoms with Crippen LogP contribution in [-0.2, 0) is 25.5 Å². The molecule has 0 atom stereocenters. The summed E-state index contributed by atoms with van der Waals surface area (Å²) >= 11 is 0. The summed E-state index contributed by atoms with van der Waals surface area (Å²) in [5, 5.41) is 0. The van der Waals surface area contributed by atoms with Gasteiger partial charge in [0.05, 0.1) is 13.2 Å². The van der Waals surface area contributed by atoms with Crippen molar-refractivity contribution >= 4 is 17.8 Å². The Morgan fingerprint density at radius 1 is 0.935 bits per heavy atom. The minimum Gasteiger partial charge on any atom is -0.465 e. The van der Waals surface area contributed by atoms with Gasteiger partial charge in [0, 0.05) is 19.0 Å². The number of benzene rings is 1. The molecule has 5 nitrogen and oxygen atoms in total. The average molecular weight is 424 g/mol. The molecule has 0 radical (unpaired) electrons. The number of rotatable bonds is 14. The van der Waals surface area contributed by atoms with Gasteiger partial charge in [-0.2, -0.15) is 0 Å². The molecule has 0 fully saturated rings. The molecule has 2 aromatic rings. The molecule has 1 aromatic heterocycles. The summed E-state index contributed by atoms with van der Waals surface area (Å²) in [6, 6.07) is 12.6. The summed E-state index contributed by atoms with van der Waals surface area (Å²) in [4.78, 5) is 26.2. The number of esters is 1. The quantitative estimate of drug-likeness (QED) is 0.238. The van der Waals surface area contributed by atoms with Gasteiger partial charge in [-0.1, -0.05) is 42.8 Å². The smallest absolute Gasteiger partial charge is 0.313 e. The van der Waals surface area contributed by atoms with Crippen molar-refractivity contribution in [3.8, 4) is 0 Å². The molecule has 0 amide bonds. The van der Waals surface area contributed by atoms with Crippen LogP contribution in [0.2, 0.25) is 0 Å². The van der Waals surface area contributed by atoms with Crippen LogP contribution in [0.4, 0.5) is 0 Å². The lowest BCUT2D eigenvalue weighted by molar-refractivity contribution is -0.145. The molecular formula is C26H33NO4. The molecule has 0 aliphatic heterocycles. The van der Waals surface area contributed by atoms with Gasteiger partial charge in [-0.15, -0.1) is 0 Å². The molecule has 0 aliphatic carbocycles. The molecule has 0 aliphatic rings. The van der Waals surface area contributed by atoms with E-state index in [0.717, 1.165) is 38.7 Å². The van der Waals surface area contributed by atoms with Gasteiger partial charge in [0.1, 0.15) is 12.2 Å². The number of Topliss-reactive ketones (excluding diaryl/α,β-unsaturated/α-hetero) is 1. The number of hydrogen-bond donors (Lipinski definition) is 0. The second-order valence-electron chi connectivity index (χ2n) is 7.84. The number of aromatic nitrogens is 1. The molecule has 0 saturated carbocycles. The third kappa shape index (κ3) is 11.2. The zero-order valence-corrected chi connectivity index (χ0v) is 18.6. The second-order valence-corrected chi connectivity index (χ2v) is 7.84. The van der Waals surface area contributed by atoms with Gasteiger partial charge in [0.25, 0.3) is 0 Å². The van der Waals surface area contributed by atoms with E-state index in [1.165, 1.54) is 29.2 Å². The van der Waals surface area contributed by atoms with Crippen molar-refractivity contribution in [3.05, 3.63) is 71.1 Å². The van der Waals surface area contributed by atoms with Gasteiger partial charge in [-0.25, -0.2) is 0 Å². The maximum atomic E-state index is 11.2. The molecule has 0 saturated heterocycles. The van der Waals surface area contributed by atoms with Crippen LogP contribution in [0.15, 0.2) is 54.4 Å². The number of unbranched alkanes of at least 4 members (excludes halogenated alkanes) is 3. The Balaban J connectivity index is 1.55. The van der Waals surface area contributed by atoms with E-state index >= 15 is 0 Å². The molecule has 0 spiro atoms. The van der Waals surface area contributed by atoms with Crippen molar-refractivity contribution in [2.24, 2.45) is 0 Å². The zero-order chi connectivity index (χ0) is 22.3. The third-order valence-corrected chi connectivity index (χ3v) is 4.69. The van der Waals surface area contributed by atoms with Crippen molar-refractivity contribution in [2.45, 2.75) is 52.4 Å². The standard InChI is InChI=1S/C26H33NO4/c1-21(20-30-14-5-3-4-6-15-31-26(29)17-22(2)28)16-23-9-11-24(12-10-23)18-25-8-7-13-27-19-25/h7-13,16,19H,3-6,14-15,17-18,20H2,1-2H3. The van der Waals surface area contributed by atoms with Gasteiger partial charge < -0.3 is 9.47 Å². The molecule has 5 heteroatoms. The monoisotopic (exact) mass is 423 g/mol. The highest BCUT2D eigenvalue weighted by Crippen LogP contribution is 2.13. The number of carbonyl (C=O) groups is 2. The molecule has 0 bridgehead atoms. The Morgan fingerprint density at radius 3 is 2.35 bits per heavy atom. The number of ketones is 1. The first-order valence-electron chi connectivity index (χ1n) is 10.9. The van der Waals surface area contributed by atoms with Crippen LogP contribution in [0.5, 0.6) is 0 Å². The number of pyridine rings is 1. The largest absolute Gasteiger partial charge is 0.465 e. The van der Waals surface area contributed by atoms with Gasteiger partial charge in [0.2, 0.25) is 0 Å². The number of hydrogen-bond acceptors (Lipinski definition) is 5. The van der Waals surface area contributed by atoms with Gasteiger partial charge in [0.15, 0.2) is 0 Å². The Morgan fingerprint density at radius 2 is 1.68 bits per heavy atom. The molecule has 2 rings (SSSR count). The van der Waals surface area contributed by atoms with Crippen molar-refractivity contribution in [1.29, 1.82) is 0 Å². The number of nitrogens with zero attached hydrogens (tertiary/aromatic N) is 1. The van der Waals surface area contributed by atoms with E-state index in [1.807, 2.05) is 12.3 Å². The molecule has 166 valence electrons. The van der Waals surface area contributed by atoms with E-state index in [-0.39, 0.29) is 12.2 Å². The van der Waals surface area contributed by atoms with Gasteiger partial charge >= 0.3 is 5.97 Å². The zero-order valence-electron chi connectivity index (χ0n) is 18.6. The average Bonchev–Trinajstić information content (AvgIpc) is 2.74. The summed E-state index contributed by atoms with van der Waals surface area (Å²) in [5.74, 6) is -0.592. The predicted molar refractivity (Wildman–Crippen MR) is 123 cm³/mol. The van der Waals surface area contributed by atoms with E-state index in [4.69, 9.17) is 9.47 Å². The van der Waals surface area contributed by atoms with Crippen molar-refractivity contribution in [1.82, 2.24) is 4.98 Å². The van der Waals surface area contributed by atoms with Crippen LogP contribution in [0, 0.1) is 0 Å². The second kappa shape index (κ2) is 14.3. The van der Waals surface area contributed by atoms with Crippen LogP contribution in [0.1, 0.15) is 62.6 Å². The van der Waals surface area contributed by atoms with Crippen LogP contribution in [0.3, 0.4) is 0 Å². The highest BCUT2D eigenvalue weighted by Gasteiger charge is 2.05. The fourth-order valence-electron chi connectivity index (χ4n) is 3.13. The first-order valence-corrected chi connectivity index (χ1v) is 10.9. The molecule has 1 heterocycles. The SMILES string of the molecule is CC(=O)CC(=O)OCCCCCCOCC(C)=Cc1ccc(Cc2cccnc2)cc1. The van der Waals surface area contributed by atoms with E-state index < -0.39 is 5.97 Å². The Bertz CT molecular complexity index is 828. The predicted octanol–water partition coefficient (Wildman–Crippen LogP) is 5.18. The molecule has 0 N–H and O–H groups in total. The molecule has 31 heavy (non-hydrogen) atoms. The topological polar surface area (TPSA) is 65.5 Å². The Labute approximate surface area is 185 Å². The molecular weight excluding hydrogens is 390 g/mol. The van der Waals surface area contributed by atoms with Crippen LogP contribution in [0.25, 0.3) is 6.08 Å². The summed E-state index contributed by atoms with van der Waals surface area (Å²) in [7, 11) is 0. The first-order chi connectivity index (χ1) is 15.0. The van der Waals surface area contributed by atoms with Crippen molar-refractivity contribution in [2.75, 3.05) is 19.8 Å². The number of ether oxygens (including phenoxy) is 2.